The zero-order valence-corrected chi connectivity index (χ0v) is 9.58. The number of carbonyl (C=O) groups excluding carboxylic acids is 2. The number of nitrogens with one attached hydrogen (secondary N) is 1. The topological polar surface area (TPSA) is 55.4 Å². The number of amides is 2. The minimum Gasteiger partial charge on any atom is -0.494 e. The monoisotopic (exact) mass is 241 g/mol. The van der Waals surface area contributed by atoms with Crippen molar-refractivity contribution in [3.63, 3.8) is 0 Å². The van der Waals surface area contributed by atoms with Crippen LogP contribution in [-0.2, 0) is 4.79 Å². The maximum atomic E-state index is 11.5. The molecule has 0 radical (unpaired) electrons. The van der Waals surface area contributed by atoms with Gasteiger partial charge < -0.3 is 4.74 Å². The molecular formula is C11H12ClNO3. The summed E-state index contributed by atoms with van der Waals surface area (Å²) < 4.78 is 5.22. The van der Waals surface area contributed by atoms with E-state index in [2.05, 4.69) is 5.32 Å². The van der Waals surface area contributed by atoms with Crippen molar-refractivity contribution in [3.8, 4) is 5.75 Å². The van der Waals surface area contributed by atoms with E-state index in [1.165, 1.54) is 0 Å². The molecule has 0 aliphatic heterocycles. The molecule has 0 bridgehead atoms. The van der Waals surface area contributed by atoms with Crippen molar-refractivity contribution < 1.29 is 14.3 Å². The van der Waals surface area contributed by atoms with Crippen molar-refractivity contribution in [2.75, 3.05) is 12.5 Å². The van der Waals surface area contributed by atoms with Crippen LogP contribution >= 0.6 is 11.6 Å². The van der Waals surface area contributed by atoms with E-state index in [0.29, 0.717) is 17.9 Å². The molecule has 0 saturated heterocycles. The number of imide groups is 1. The summed E-state index contributed by atoms with van der Waals surface area (Å²) in [5.41, 5.74) is 0.391. The largest absolute Gasteiger partial charge is 0.494 e. The summed E-state index contributed by atoms with van der Waals surface area (Å²) in [6.07, 6.45) is 0. The number of alkyl halides is 1. The molecule has 4 nitrogen and oxygen atoms in total. The van der Waals surface area contributed by atoms with Crippen LogP contribution in [0.5, 0.6) is 5.75 Å². The Balaban J connectivity index is 2.66. The summed E-state index contributed by atoms with van der Waals surface area (Å²) in [5, 5.41) is 2.15. The highest BCUT2D eigenvalue weighted by Gasteiger charge is 2.08. The number of hydrogen-bond donors (Lipinski definition) is 1. The van der Waals surface area contributed by atoms with Crippen LogP contribution in [0.1, 0.15) is 17.3 Å². The Morgan fingerprint density at radius 3 is 2.44 bits per heavy atom. The molecule has 0 aliphatic rings. The molecule has 0 saturated carbocycles. The van der Waals surface area contributed by atoms with Crippen molar-refractivity contribution in [2.45, 2.75) is 6.92 Å². The van der Waals surface area contributed by atoms with Gasteiger partial charge in [-0.3, -0.25) is 14.9 Å². The smallest absolute Gasteiger partial charge is 0.257 e. The maximum absolute atomic E-state index is 11.5. The fourth-order valence-electron chi connectivity index (χ4n) is 1.10. The van der Waals surface area contributed by atoms with Gasteiger partial charge in [-0.15, -0.1) is 11.6 Å². The van der Waals surface area contributed by atoms with Gasteiger partial charge in [0, 0.05) is 5.56 Å². The first-order valence-electron chi connectivity index (χ1n) is 4.80. The van der Waals surface area contributed by atoms with Crippen molar-refractivity contribution in [3.05, 3.63) is 29.8 Å². The molecule has 5 heteroatoms. The van der Waals surface area contributed by atoms with Crippen LogP contribution in [0.2, 0.25) is 0 Å². The van der Waals surface area contributed by atoms with Crippen LogP contribution in [0.15, 0.2) is 24.3 Å². The van der Waals surface area contributed by atoms with Crippen LogP contribution in [0.4, 0.5) is 0 Å². The van der Waals surface area contributed by atoms with Crippen LogP contribution < -0.4 is 10.1 Å². The summed E-state index contributed by atoms with van der Waals surface area (Å²) in [4.78, 5) is 22.3. The minimum absolute atomic E-state index is 0.233. The molecule has 1 N–H and O–H groups in total. The second kappa shape index (κ2) is 6.12. The van der Waals surface area contributed by atoms with Gasteiger partial charge in [0.25, 0.3) is 5.91 Å². The SMILES string of the molecule is CCOc1ccc(C(=O)NC(=O)CCl)cc1. The van der Waals surface area contributed by atoms with Crippen LogP contribution in [-0.4, -0.2) is 24.3 Å². The molecule has 0 fully saturated rings. The summed E-state index contributed by atoms with van der Waals surface area (Å²) in [6, 6.07) is 6.51. The third-order valence-corrected chi connectivity index (χ3v) is 2.04. The fraction of sp³-hybridized carbons (Fsp3) is 0.273. The standard InChI is InChI=1S/C11H12ClNO3/c1-2-16-9-5-3-8(4-6-9)11(15)13-10(14)7-12/h3-6H,2,7H2,1H3,(H,13,14,15). The lowest BCUT2D eigenvalue weighted by Crippen LogP contribution is -2.31. The van der Waals surface area contributed by atoms with Crippen molar-refractivity contribution in [1.29, 1.82) is 0 Å². The highest BCUT2D eigenvalue weighted by Crippen LogP contribution is 2.11. The Morgan fingerprint density at radius 2 is 1.94 bits per heavy atom. The van der Waals surface area contributed by atoms with E-state index in [1.54, 1.807) is 24.3 Å². The van der Waals surface area contributed by atoms with Crippen molar-refractivity contribution >= 4 is 23.4 Å². The van der Waals surface area contributed by atoms with Gasteiger partial charge in [0.15, 0.2) is 0 Å². The highest BCUT2D eigenvalue weighted by atomic mass is 35.5. The fourth-order valence-corrected chi connectivity index (χ4v) is 1.17. The van der Waals surface area contributed by atoms with E-state index in [4.69, 9.17) is 16.3 Å². The molecular weight excluding hydrogens is 230 g/mol. The van der Waals surface area contributed by atoms with E-state index < -0.39 is 11.8 Å². The summed E-state index contributed by atoms with van der Waals surface area (Å²) in [5.74, 6) is -0.528. The zero-order valence-electron chi connectivity index (χ0n) is 8.83. The molecule has 0 unspecified atom stereocenters. The normalized spacial score (nSPS) is 9.62. The second-order valence-electron chi connectivity index (χ2n) is 2.97. The Bertz CT molecular complexity index is 375. The number of carbonyl (C=O) groups is 2. The van der Waals surface area contributed by atoms with Gasteiger partial charge in [0.1, 0.15) is 11.6 Å². The predicted octanol–water partition coefficient (Wildman–Crippen LogP) is 1.58. The average molecular weight is 242 g/mol. The lowest BCUT2D eigenvalue weighted by atomic mass is 10.2. The van der Waals surface area contributed by atoms with E-state index in [9.17, 15) is 9.59 Å². The molecule has 0 spiro atoms. The van der Waals surface area contributed by atoms with Crippen molar-refractivity contribution in [2.24, 2.45) is 0 Å². The first kappa shape index (κ1) is 12.5. The molecule has 0 atom stereocenters. The Kier molecular flexibility index (Phi) is 4.79. The second-order valence-corrected chi connectivity index (χ2v) is 3.24. The Hall–Kier alpha value is -1.55. The minimum atomic E-state index is -0.513. The van der Waals surface area contributed by atoms with E-state index in [-0.39, 0.29) is 5.88 Å². The first-order valence-corrected chi connectivity index (χ1v) is 5.33. The first-order chi connectivity index (χ1) is 7.67. The Labute approximate surface area is 98.5 Å². The summed E-state index contributed by atoms with van der Waals surface area (Å²) >= 11 is 5.27. The number of benzene rings is 1. The van der Waals surface area contributed by atoms with Gasteiger partial charge in [-0.1, -0.05) is 0 Å². The molecule has 1 aromatic rings. The third-order valence-electron chi connectivity index (χ3n) is 1.80. The quantitative estimate of drug-likeness (QED) is 0.815. The zero-order chi connectivity index (χ0) is 12.0. The van der Waals surface area contributed by atoms with Gasteiger partial charge in [0.2, 0.25) is 5.91 Å². The molecule has 0 aromatic heterocycles. The van der Waals surface area contributed by atoms with Gasteiger partial charge >= 0.3 is 0 Å². The highest BCUT2D eigenvalue weighted by molar-refractivity contribution is 6.28. The van der Waals surface area contributed by atoms with Crippen molar-refractivity contribution in [1.82, 2.24) is 5.32 Å². The van der Waals surface area contributed by atoms with Crippen LogP contribution in [0.25, 0.3) is 0 Å². The lowest BCUT2D eigenvalue weighted by molar-refractivity contribution is -0.117. The van der Waals surface area contributed by atoms with Crippen LogP contribution in [0.3, 0.4) is 0 Å². The van der Waals surface area contributed by atoms with Gasteiger partial charge in [-0.25, -0.2) is 0 Å². The molecule has 0 heterocycles. The molecule has 86 valence electrons. The average Bonchev–Trinajstić information content (AvgIpc) is 2.30. The lowest BCUT2D eigenvalue weighted by Gasteiger charge is -2.04. The van der Waals surface area contributed by atoms with Crippen LogP contribution in [0, 0.1) is 0 Å². The van der Waals surface area contributed by atoms with Gasteiger partial charge in [-0.05, 0) is 31.2 Å². The molecule has 2 amide bonds. The van der Waals surface area contributed by atoms with E-state index >= 15 is 0 Å². The maximum Gasteiger partial charge on any atom is 0.257 e. The predicted molar refractivity (Wildman–Crippen MR) is 60.8 cm³/mol. The van der Waals surface area contributed by atoms with E-state index in [1.807, 2.05) is 6.92 Å². The molecule has 1 aromatic carbocycles. The number of rotatable bonds is 4. The molecule has 1 rings (SSSR count). The Morgan fingerprint density at radius 1 is 1.31 bits per heavy atom. The number of ether oxygens (including phenoxy) is 1. The summed E-state index contributed by atoms with van der Waals surface area (Å²) in [7, 11) is 0. The van der Waals surface area contributed by atoms with Gasteiger partial charge in [-0.2, -0.15) is 0 Å². The molecule has 0 aliphatic carbocycles. The number of halogens is 1. The number of hydrogen-bond acceptors (Lipinski definition) is 3. The summed E-state index contributed by atoms with van der Waals surface area (Å²) in [6.45, 7) is 2.44. The van der Waals surface area contributed by atoms with E-state index in [0.717, 1.165) is 0 Å². The molecule has 16 heavy (non-hydrogen) atoms. The third kappa shape index (κ3) is 3.55. The van der Waals surface area contributed by atoms with Gasteiger partial charge in [0.05, 0.1) is 6.61 Å².